The van der Waals surface area contributed by atoms with Crippen molar-refractivity contribution in [2.24, 2.45) is 0 Å². The van der Waals surface area contributed by atoms with Gasteiger partial charge in [0.25, 0.3) is 0 Å². The summed E-state index contributed by atoms with van der Waals surface area (Å²) in [6, 6.07) is 11.5. The van der Waals surface area contributed by atoms with E-state index in [1.807, 2.05) is 0 Å². The Morgan fingerprint density at radius 2 is 1.59 bits per heavy atom. The smallest absolute Gasteiger partial charge is 0.338 e. The quantitative estimate of drug-likeness (QED) is 0.481. The Bertz CT molecular complexity index is 907. The van der Waals surface area contributed by atoms with Crippen LogP contribution in [0, 0.1) is 5.82 Å². The number of halogens is 1. The van der Waals surface area contributed by atoms with E-state index in [1.54, 1.807) is 0 Å². The van der Waals surface area contributed by atoms with Crippen LogP contribution >= 0.6 is 0 Å². The summed E-state index contributed by atoms with van der Waals surface area (Å²) in [4.78, 5) is 12.3. The predicted octanol–water partition coefficient (Wildman–Crippen LogP) is 3.63. The molecule has 1 aliphatic rings. The molecule has 0 aliphatic carbocycles. The molecule has 0 atom stereocenters. The van der Waals surface area contributed by atoms with Gasteiger partial charge in [0.05, 0.1) is 23.7 Å². The third-order valence-electron chi connectivity index (χ3n) is 4.65. The number of sulfonamides is 1. The van der Waals surface area contributed by atoms with Crippen LogP contribution in [-0.4, -0.2) is 45.0 Å². The Kier molecular flexibility index (Phi) is 7.22. The lowest BCUT2D eigenvalue weighted by Gasteiger charge is -2.25. The minimum Gasteiger partial charge on any atom is -0.493 e. The first-order valence-corrected chi connectivity index (χ1v) is 11.1. The molecule has 0 saturated carbocycles. The second-order valence-corrected chi connectivity index (χ2v) is 8.72. The van der Waals surface area contributed by atoms with Crippen LogP contribution in [0.3, 0.4) is 0 Å². The van der Waals surface area contributed by atoms with Gasteiger partial charge in [0, 0.05) is 19.5 Å². The van der Waals surface area contributed by atoms with Crippen molar-refractivity contribution >= 4 is 16.0 Å². The zero-order valence-electron chi connectivity index (χ0n) is 16.1. The van der Waals surface area contributed by atoms with Crippen LogP contribution < -0.4 is 4.74 Å². The predicted molar refractivity (Wildman–Crippen MR) is 106 cm³/mol. The first kappa shape index (κ1) is 21.3. The van der Waals surface area contributed by atoms with Crippen LogP contribution in [0.4, 0.5) is 4.39 Å². The van der Waals surface area contributed by atoms with Gasteiger partial charge in [-0.25, -0.2) is 17.6 Å². The standard InChI is InChI=1S/C21H24FNO5S/c22-18-7-9-19(10-8-18)27-15-4-16-28-21(24)17-5-11-20(12-6-17)29(25,26)23-13-2-1-3-14-23/h5-12H,1-4,13-16H2. The monoisotopic (exact) mass is 421 g/mol. The van der Waals surface area contributed by atoms with E-state index >= 15 is 0 Å². The van der Waals surface area contributed by atoms with Crippen LogP contribution in [0.5, 0.6) is 5.75 Å². The lowest BCUT2D eigenvalue weighted by molar-refractivity contribution is 0.0486. The molecule has 0 spiro atoms. The van der Waals surface area contributed by atoms with Gasteiger partial charge in [0.2, 0.25) is 10.0 Å². The molecule has 0 unspecified atom stereocenters. The van der Waals surface area contributed by atoms with Gasteiger partial charge in [-0.3, -0.25) is 0 Å². The molecule has 6 nitrogen and oxygen atoms in total. The van der Waals surface area contributed by atoms with Crippen molar-refractivity contribution in [3.8, 4) is 5.75 Å². The minimum absolute atomic E-state index is 0.161. The van der Waals surface area contributed by atoms with Crippen LogP contribution in [0.1, 0.15) is 36.0 Å². The number of nitrogens with zero attached hydrogens (tertiary/aromatic N) is 1. The number of carbonyl (C=O) groups is 1. The zero-order chi connectivity index (χ0) is 20.7. The number of carbonyl (C=O) groups excluding carboxylic acids is 1. The molecule has 1 aliphatic heterocycles. The van der Waals surface area contributed by atoms with E-state index in [0.717, 1.165) is 19.3 Å². The van der Waals surface area contributed by atoms with Gasteiger partial charge >= 0.3 is 5.97 Å². The number of piperidine rings is 1. The van der Waals surface area contributed by atoms with Crippen molar-refractivity contribution in [1.29, 1.82) is 0 Å². The fraction of sp³-hybridized carbons (Fsp3) is 0.381. The second kappa shape index (κ2) is 9.84. The van der Waals surface area contributed by atoms with Crippen LogP contribution in [0.15, 0.2) is 53.4 Å². The minimum atomic E-state index is -3.52. The van der Waals surface area contributed by atoms with Gasteiger partial charge in [0.15, 0.2) is 0 Å². The number of hydrogen-bond donors (Lipinski definition) is 0. The fourth-order valence-corrected chi connectivity index (χ4v) is 4.56. The number of ether oxygens (including phenoxy) is 2. The first-order chi connectivity index (χ1) is 14.0. The largest absolute Gasteiger partial charge is 0.493 e. The molecule has 0 aromatic heterocycles. The average molecular weight is 421 g/mol. The normalized spacial score (nSPS) is 15.1. The topological polar surface area (TPSA) is 72.9 Å². The van der Waals surface area contributed by atoms with Gasteiger partial charge < -0.3 is 9.47 Å². The summed E-state index contributed by atoms with van der Waals surface area (Å²) >= 11 is 0. The molecule has 1 saturated heterocycles. The number of esters is 1. The Hall–Kier alpha value is -2.45. The SMILES string of the molecule is O=C(OCCCOc1ccc(F)cc1)c1ccc(S(=O)(=O)N2CCCCC2)cc1. The van der Waals surface area contributed by atoms with Crippen molar-refractivity contribution in [3.63, 3.8) is 0 Å². The van der Waals surface area contributed by atoms with Gasteiger partial charge in [0.1, 0.15) is 11.6 Å². The number of rotatable bonds is 8. The molecular formula is C21H24FNO5S. The van der Waals surface area contributed by atoms with Crippen LogP contribution in [0.25, 0.3) is 0 Å². The van der Waals surface area contributed by atoms with Gasteiger partial charge in [-0.05, 0) is 61.4 Å². The lowest BCUT2D eigenvalue weighted by atomic mass is 10.2. The average Bonchev–Trinajstić information content (AvgIpc) is 2.75. The van der Waals surface area contributed by atoms with Crippen LogP contribution in [0.2, 0.25) is 0 Å². The van der Waals surface area contributed by atoms with Crippen molar-refractivity contribution in [3.05, 3.63) is 59.9 Å². The summed E-state index contributed by atoms with van der Waals surface area (Å²) in [5.74, 6) is -0.307. The highest BCUT2D eigenvalue weighted by molar-refractivity contribution is 7.89. The highest BCUT2D eigenvalue weighted by atomic mass is 32.2. The Morgan fingerprint density at radius 1 is 0.931 bits per heavy atom. The molecule has 0 bridgehead atoms. The Morgan fingerprint density at radius 3 is 2.24 bits per heavy atom. The maximum Gasteiger partial charge on any atom is 0.338 e. The summed E-state index contributed by atoms with van der Waals surface area (Å²) in [6.07, 6.45) is 3.26. The fourth-order valence-electron chi connectivity index (χ4n) is 3.05. The summed E-state index contributed by atoms with van der Waals surface area (Å²) in [7, 11) is -3.52. The molecule has 1 heterocycles. The van der Waals surface area contributed by atoms with Crippen molar-refractivity contribution in [2.75, 3.05) is 26.3 Å². The molecule has 3 rings (SSSR count). The van der Waals surface area contributed by atoms with E-state index < -0.39 is 16.0 Å². The molecule has 1 fully saturated rings. The zero-order valence-corrected chi connectivity index (χ0v) is 16.9. The molecule has 8 heteroatoms. The summed E-state index contributed by atoms with van der Waals surface area (Å²) in [5.41, 5.74) is 0.294. The maximum atomic E-state index is 12.8. The van der Waals surface area contributed by atoms with E-state index in [4.69, 9.17) is 9.47 Å². The van der Waals surface area contributed by atoms with Crippen LogP contribution in [-0.2, 0) is 14.8 Å². The summed E-state index contributed by atoms with van der Waals surface area (Å²) < 4.78 is 50.2. The van der Waals surface area contributed by atoms with E-state index in [0.29, 0.717) is 37.4 Å². The van der Waals surface area contributed by atoms with Crippen molar-refractivity contribution < 1.29 is 27.1 Å². The summed E-state index contributed by atoms with van der Waals surface area (Å²) in [6.45, 7) is 1.55. The third kappa shape index (κ3) is 5.77. The molecule has 2 aromatic rings. The number of benzene rings is 2. The Labute approximate surface area is 170 Å². The maximum absolute atomic E-state index is 12.8. The van der Waals surface area contributed by atoms with E-state index in [9.17, 15) is 17.6 Å². The highest BCUT2D eigenvalue weighted by Gasteiger charge is 2.26. The highest BCUT2D eigenvalue weighted by Crippen LogP contribution is 2.21. The first-order valence-electron chi connectivity index (χ1n) is 9.62. The molecule has 0 radical (unpaired) electrons. The molecule has 0 N–H and O–H groups in total. The lowest BCUT2D eigenvalue weighted by Crippen LogP contribution is -2.35. The van der Waals surface area contributed by atoms with Gasteiger partial charge in [-0.15, -0.1) is 0 Å². The van der Waals surface area contributed by atoms with E-state index in [1.165, 1.54) is 52.8 Å². The van der Waals surface area contributed by atoms with Crippen molar-refractivity contribution in [1.82, 2.24) is 4.31 Å². The number of hydrogen-bond acceptors (Lipinski definition) is 5. The Balaban J connectivity index is 1.45. The molecule has 156 valence electrons. The molecule has 2 aromatic carbocycles. The van der Waals surface area contributed by atoms with E-state index in [2.05, 4.69) is 0 Å². The van der Waals surface area contributed by atoms with E-state index in [-0.39, 0.29) is 17.3 Å². The third-order valence-corrected chi connectivity index (χ3v) is 6.56. The summed E-state index contributed by atoms with van der Waals surface area (Å²) in [5, 5.41) is 0. The second-order valence-electron chi connectivity index (χ2n) is 6.78. The van der Waals surface area contributed by atoms with Gasteiger partial charge in [-0.1, -0.05) is 6.42 Å². The molecular weight excluding hydrogens is 397 g/mol. The van der Waals surface area contributed by atoms with Gasteiger partial charge in [-0.2, -0.15) is 4.31 Å². The van der Waals surface area contributed by atoms with Crippen molar-refractivity contribution in [2.45, 2.75) is 30.6 Å². The molecule has 29 heavy (non-hydrogen) atoms. The molecule has 0 amide bonds.